The second kappa shape index (κ2) is 7.77. The first-order chi connectivity index (χ1) is 10.6. The van der Waals surface area contributed by atoms with Crippen molar-refractivity contribution < 1.29 is 19.1 Å². The van der Waals surface area contributed by atoms with Crippen LogP contribution in [0.5, 0.6) is 0 Å². The highest BCUT2D eigenvalue weighted by atomic mass is 32.1. The van der Waals surface area contributed by atoms with Crippen molar-refractivity contribution in [3.63, 3.8) is 0 Å². The minimum atomic E-state index is -0.564. The van der Waals surface area contributed by atoms with Gasteiger partial charge in [0.25, 0.3) is 0 Å². The van der Waals surface area contributed by atoms with Crippen molar-refractivity contribution in [3.8, 4) is 0 Å². The number of amides is 1. The zero-order chi connectivity index (χ0) is 17.8. The molecule has 1 unspecified atom stereocenters. The van der Waals surface area contributed by atoms with E-state index in [0.29, 0.717) is 11.6 Å². The van der Waals surface area contributed by atoms with Gasteiger partial charge < -0.3 is 14.4 Å². The molecule has 6 nitrogen and oxygen atoms in total. The molecule has 0 saturated carbocycles. The molecule has 1 aromatic heterocycles. The highest BCUT2D eigenvalue weighted by molar-refractivity contribution is 7.09. The summed E-state index contributed by atoms with van der Waals surface area (Å²) in [6.07, 6.45) is -0.413. The fourth-order valence-electron chi connectivity index (χ4n) is 2.07. The molecule has 0 saturated heterocycles. The van der Waals surface area contributed by atoms with Gasteiger partial charge in [0.05, 0.1) is 12.6 Å². The van der Waals surface area contributed by atoms with Crippen molar-refractivity contribution in [2.45, 2.75) is 53.2 Å². The van der Waals surface area contributed by atoms with Gasteiger partial charge in [0.1, 0.15) is 10.6 Å². The average molecular weight is 342 g/mol. The van der Waals surface area contributed by atoms with Crippen molar-refractivity contribution >= 4 is 23.4 Å². The molecule has 0 radical (unpaired) electrons. The van der Waals surface area contributed by atoms with Gasteiger partial charge in [0, 0.05) is 12.4 Å². The molecule has 1 atom stereocenters. The van der Waals surface area contributed by atoms with E-state index in [1.54, 1.807) is 19.4 Å². The van der Waals surface area contributed by atoms with E-state index < -0.39 is 17.7 Å². The lowest BCUT2D eigenvalue weighted by atomic mass is 10.0. The van der Waals surface area contributed by atoms with Crippen LogP contribution in [-0.2, 0) is 9.47 Å². The van der Waals surface area contributed by atoms with Crippen molar-refractivity contribution in [2.75, 3.05) is 13.7 Å². The summed E-state index contributed by atoms with van der Waals surface area (Å²) in [6.45, 7) is 11.5. The Bertz CT molecular complexity index is 549. The third-order valence-corrected chi connectivity index (χ3v) is 3.91. The van der Waals surface area contributed by atoms with Crippen LogP contribution in [0.2, 0.25) is 0 Å². The molecule has 1 amide bonds. The van der Waals surface area contributed by atoms with E-state index in [9.17, 15) is 9.59 Å². The Balaban J connectivity index is 2.99. The van der Waals surface area contributed by atoms with E-state index in [-0.39, 0.29) is 17.7 Å². The van der Waals surface area contributed by atoms with Gasteiger partial charge in [-0.1, -0.05) is 13.8 Å². The van der Waals surface area contributed by atoms with Gasteiger partial charge >= 0.3 is 12.1 Å². The van der Waals surface area contributed by atoms with Gasteiger partial charge in [-0.3, -0.25) is 0 Å². The first kappa shape index (κ1) is 19.4. The molecule has 0 aliphatic carbocycles. The second-order valence-corrected chi connectivity index (χ2v) is 7.46. The topological polar surface area (TPSA) is 68.7 Å². The Morgan fingerprint density at radius 1 is 1.35 bits per heavy atom. The van der Waals surface area contributed by atoms with Gasteiger partial charge in [0.2, 0.25) is 0 Å². The van der Waals surface area contributed by atoms with E-state index in [1.807, 2.05) is 34.6 Å². The Kier molecular flexibility index (Phi) is 6.56. The van der Waals surface area contributed by atoms with E-state index in [2.05, 4.69) is 4.98 Å². The number of rotatable bonds is 5. The van der Waals surface area contributed by atoms with E-state index >= 15 is 0 Å². The predicted octanol–water partition coefficient (Wildman–Crippen LogP) is 3.88. The lowest BCUT2D eigenvalue weighted by Crippen LogP contribution is -2.38. The Morgan fingerprint density at radius 2 is 1.96 bits per heavy atom. The number of hydrogen-bond acceptors (Lipinski definition) is 6. The van der Waals surface area contributed by atoms with Crippen LogP contribution in [0.1, 0.15) is 63.1 Å². The van der Waals surface area contributed by atoms with Crippen LogP contribution in [0, 0.1) is 5.92 Å². The quantitative estimate of drug-likeness (QED) is 0.760. The zero-order valence-corrected chi connectivity index (χ0v) is 15.7. The largest absolute Gasteiger partial charge is 0.461 e. The van der Waals surface area contributed by atoms with Crippen LogP contribution in [0.25, 0.3) is 0 Å². The summed E-state index contributed by atoms with van der Waals surface area (Å²) >= 11 is 1.34. The number of aromatic nitrogens is 1. The molecule has 0 spiro atoms. The predicted molar refractivity (Wildman–Crippen MR) is 89.6 cm³/mol. The Hall–Kier alpha value is -1.63. The van der Waals surface area contributed by atoms with Crippen molar-refractivity contribution in [2.24, 2.45) is 5.92 Å². The average Bonchev–Trinajstić information content (AvgIpc) is 2.86. The summed E-state index contributed by atoms with van der Waals surface area (Å²) in [5.74, 6) is -0.328. The Labute approximate surface area is 141 Å². The highest BCUT2D eigenvalue weighted by Crippen LogP contribution is 2.31. The van der Waals surface area contributed by atoms with Gasteiger partial charge in [-0.25, -0.2) is 14.6 Å². The molecule has 0 bridgehead atoms. The van der Waals surface area contributed by atoms with Crippen LogP contribution < -0.4 is 0 Å². The van der Waals surface area contributed by atoms with Crippen LogP contribution in [0.15, 0.2) is 5.38 Å². The molecule has 0 N–H and O–H groups in total. The molecule has 0 aromatic carbocycles. The third kappa shape index (κ3) is 5.49. The number of hydrogen-bond donors (Lipinski definition) is 0. The molecule has 0 aliphatic rings. The molecule has 0 fully saturated rings. The summed E-state index contributed by atoms with van der Waals surface area (Å²) in [6, 6.07) is -0.266. The van der Waals surface area contributed by atoms with Gasteiger partial charge in [-0.05, 0) is 33.6 Å². The number of thiazole rings is 1. The lowest BCUT2D eigenvalue weighted by Gasteiger charge is -2.31. The fraction of sp³-hybridized carbons (Fsp3) is 0.688. The number of nitrogens with zero attached hydrogens (tertiary/aromatic N) is 2. The molecule has 1 heterocycles. The maximum absolute atomic E-state index is 12.3. The minimum absolute atomic E-state index is 0.119. The number of carbonyl (C=O) groups excluding carboxylic acids is 2. The number of ether oxygens (including phenoxy) is 2. The monoisotopic (exact) mass is 342 g/mol. The lowest BCUT2D eigenvalue weighted by molar-refractivity contribution is 0.0175. The van der Waals surface area contributed by atoms with Gasteiger partial charge in [0.15, 0.2) is 5.69 Å². The maximum atomic E-state index is 12.3. The first-order valence-corrected chi connectivity index (χ1v) is 8.53. The summed E-state index contributed by atoms with van der Waals surface area (Å²) in [5, 5.41) is 2.35. The van der Waals surface area contributed by atoms with Crippen LogP contribution in [0.3, 0.4) is 0 Å². The van der Waals surface area contributed by atoms with Crippen LogP contribution >= 0.6 is 11.3 Å². The van der Waals surface area contributed by atoms with E-state index in [4.69, 9.17) is 9.47 Å². The van der Waals surface area contributed by atoms with Crippen molar-refractivity contribution in [3.05, 3.63) is 16.1 Å². The second-order valence-electron chi connectivity index (χ2n) is 6.57. The zero-order valence-electron chi connectivity index (χ0n) is 14.9. The molecule has 23 heavy (non-hydrogen) atoms. The van der Waals surface area contributed by atoms with Gasteiger partial charge in [-0.2, -0.15) is 0 Å². The Morgan fingerprint density at radius 3 is 2.43 bits per heavy atom. The number of carbonyl (C=O) groups is 2. The third-order valence-electron chi connectivity index (χ3n) is 2.99. The standard InChI is InChI=1S/C16H26N2O4S/c1-8-21-14(19)11-9-23-13(17-11)12(10(2)3)18(7)15(20)22-16(4,5)6/h9-10,12H,8H2,1-7H3. The molecular weight excluding hydrogens is 316 g/mol. The smallest absolute Gasteiger partial charge is 0.410 e. The molecular formula is C16H26N2O4S. The SMILES string of the molecule is CCOC(=O)c1csc(C(C(C)C)N(C)C(=O)OC(C)(C)C)n1. The molecule has 0 aliphatic heterocycles. The summed E-state index contributed by atoms with van der Waals surface area (Å²) in [5.41, 5.74) is -0.290. The summed E-state index contributed by atoms with van der Waals surface area (Å²) < 4.78 is 10.4. The van der Waals surface area contributed by atoms with Crippen LogP contribution in [0.4, 0.5) is 4.79 Å². The molecule has 1 rings (SSSR count). The molecule has 7 heteroatoms. The van der Waals surface area contributed by atoms with Gasteiger partial charge in [-0.15, -0.1) is 11.3 Å². The fourth-order valence-corrected chi connectivity index (χ4v) is 3.17. The van der Waals surface area contributed by atoms with E-state index in [1.165, 1.54) is 16.2 Å². The summed E-state index contributed by atoms with van der Waals surface area (Å²) in [7, 11) is 1.68. The van der Waals surface area contributed by atoms with Crippen LogP contribution in [-0.4, -0.2) is 41.2 Å². The van der Waals surface area contributed by atoms with Crippen molar-refractivity contribution in [1.29, 1.82) is 0 Å². The van der Waals surface area contributed by atoms with E-state index in [0.717, 1.165) is 0 Å². The highest BCUT2D eigenvalue weighted by Gasteiger charge is 2.31. The molecule has 1 aromatic rings. The normalized spacial score (nSPS) is 12.9. The summed E-state index contributed by atoms with van der Waals surface area (Å²) in [4.78, 5) is 29.9. The maximum Gasteiger partial charge on any atom is 0.410 e. The number of esters is 1. The molecule has 130 valence electrons. The minimum Gasteiger partial charge on any atom is -0.461 e. The van der Waals surface area contributed by atoms with Crippen molar-refractivity contribution in [1.82, 2.24) is 9.88 Å². The first-order valence-electron chi connectivity index (χ1n) is 7.65.